The van der Waals surface area contributed by atoms with E-state index in [-0.39, 0.29) is 5.23 Å². The van der Waals surface area contributed by atoms with Crippen molar-refractivity contribution >= 4 is 0 Å². The number of rotatable bonds is 0. The predicted octanol–water partition coefficient (Wildman–Crippen LogP) is 0.0145. The van der Waals surface area contributed by atoms with E-state index in [0.29, 0.717) is 13.2 Å². The van der Waals surface area contributed by atoms with Gasteiger partial charge >= 0.3 is 0 Å². The van der Waals surface area contributed by atoms with Crippen LogP contribution in [0.15, 0.2) is 24.3 Å². The largest absolute Gasteiger partial charge is 0.600 e. The molecule has 0 bridgehead atoms. The molecule has 0 aliphatic carbocycles. The maximum absolute atomic E-state index is 10.8. The van der Waals surface area contributed by atoms with Gasteiger partial charge < -0.3 is 5.21 Å². The zero-order chi connectivity index (χ0) is 7.68. The number of hydrogen-bond acceptors (Lipinski definition) is 2. The van der Waals surface area contributed by atoms with E-state index in [1.54, 1.807) is 0 Å². The van der Waals surface area contributed by atoms with Gasteiger partial charge in [-0.3, -0.25) is 0 Å². The van der Waals surface area contributed by atoms with Crippen molar-refractivity contribution in [3.05, 3.63) is 40.6 Å². The quantitative estimate of drug-likeness (QED) is 0.530. The van der Waals surface area contributed by atoms with Crippen molar-refractivity contribution in [3.63, 3.8) is 0 Å². The molecule has 0 fully saturated rings. The van der Waals surface area contributed by atoms with Crippen LogP contribution in [0.5, 0.6) is 0 Å². The summed E-state index contributed by atoms with van der Waals surface area (Å²) in [4.78, 5) is 4.87. The van der Waals surface area contributed by atoms with Crippen molar-refractivity contribution in [3.8, 4) is 0 Å². The summed E-state index contributed by atoms with van der Waals surface area (Å²) in [6.45, 7) is 0.866. The fraction of sp³-hybridized carbons (Fsp3) is 0.250. The van der Waals surface area contributed by atoms with Gasteiger partial charge in [0.2, 0.25) is 0 Å². The summed E-state index contributed by atoms with van der Waals surface area (Å²) in [5, 5.41) is 10.7. The number of hydrogen-bond donors (Lipinski definition) is 1. The molecule has 3 nitrogen and oxygen atoms in total. The summed E-state index contributed by atoms with van der Waals surface area (Å²) in [5.74, 6) is 0. The molecule has 1 aromatic carbocycles. The highest BCUT2D eigenvalue weighted by molar-refractivity contribution is 5.25. The van der Waals surface area contributed by atoms with Crippen LogP contribution in [0.3, 0.4) is 0 Å². The summed E-state index contributed by atoms with van der Waals surface area (Å²) in [6.07, 6.45) is 0. The van der Waals surface area contributed by atoms with Gasteiger partial charge in [-0.15, -0.1) is 0 Å². The van der Waals surface area contributed by atoms with Gasteiger partial charge in [0, 0.05) is 5.56 Å². The lowest BCUT2D eigenvalue weighted by Gasteiger charge is -2.25. The number of nitrogens with one attached hydrogen (secondary N) is 1. The van der Waals surface area contributed by atoms with E-state index < -0.39 is 0 Å². The van der Waals surface area contributed by atoms with E-state index in [4.69, 9.17) is 4.84 Å². The highest BCUT2D eigenvalue weighted by atomic mass is 16.9. The summed E-state index contributed by atoms with van der Waals surface area (Å²) in [6, 6.07) is 7.85. The molecule has 1 N–H and O–H groups in total. The normalized spacial score (nSPS) is 22.8. The first-order valence-corrected chi connectivity index (χ1v) is 3.58. The van der Waals surface area contributed by atoms with Gasteiger partial charge in [0.25, 0.3) is 0 Å². The molecule has 0 amide bonds. The van der Waals surface area contributed by atoms with Crippen molar-refractivity contribution in [2.45, 2.75) is 13.2 Å². The molecule has 0 radical (unpaired) electrons. The van der Waals surface area contributed by atoms with Gasteiger partial charge in [-0.2, -0.15) is 4.84 Å². The minimum Gasteiger partial charge on any atom is -0.600 e. The smallest absolute Gasteiger partial charge is 0.133 e. The average molecular weight is 151 g/mol. The number of hydroxylamine groups is 2. The average Bonchev–Trinajstić information content (AvgIpc) is 2.04. The number of benzene rings is 1. The first kappa shape index (κ1) is 6.79. The topological polar surface area (TPSA) is 36.7 Å². The lowest BCUT2D eigenvalue weighted by Crippen LogP contribution is -3.05. The molecule has 0 aromatic heterocycles. The van der Waals surface area contributed by atoms with Crippen LogP contribution in [-0.4, -0.2) is 0 Å². The van der Waals surface area contributed by atoms with E-state index in [1.807, 2.05) is 24.3 Å². The maximum Gasteiger partial charge on any atom is 0.133 e. The van der Waals surface area contributed by atoms with E-state index in [1.165, 1.54) is 0 Å². The van der Waals surface area contributed by atoms with Gasteiger partial charge in [0.05, 0.1) is 0 Å². The summed E-state index contributed by atoms with van der Waals surface area (Å²) in [7, 11) is 0. The molecule has 0 saturated carbocycles. The number of fused-ring (bicyclic) bond motifs is 1. The van der Waals surface area contributed by atoms with Gasteiger partial charge in [0.1, 0.15) is 13.2 Å². The SMILES string of the molecule is [O-][NH+]1Cc2ccccc2CO1. The van der Waals surface area contributed by atoms with E-state index in [2.05, 4.69) is 0 Å². The van der Waals surface area contributed by atoms with E-state index in [0.717, 1.165) is 11.1 Å². The van der Waals surface area contributed by atoms with Crippen LogP contribution in [0.2, 0.25) is 0 Å². The van der Waals surface area contributed by atoms with Gasteiger partial charge in [-0.05, 0) is 5.56 Å². The second-order valence-corrected chi connectivity index (χ2v) is 2.61. The highest BCUT2D eigenvalue weighted by Gasteiger charge is 2.13. The molecular formula is C8H9NO2. The molecule has 1 atom stereocenters. The molecule has 1 heterocycles. The predicted molar refractivity (Wildman–Crippen MR) is 39.3 cm³/mol. The Labute approximate surface area is 64.7 Å². The lowest BCUT2D eigenvalue weighted by molar-refractivity contribution is -1.07. The van der Waals surface area contributed by atoms with E-state index >= 15 is 0 Å². The Hall–Kier alpha value is -0.900. The molecule has 1 aliphatic rings. The minimum absolute atomic E-state index is 0.122. The molecule has 11 heavy (non-hydrogen) atoms. The molecule has 58 valence electrons. The fourth-order valence-corrected chi connectivity index (χ4v) is 1.24. The summed E-state index contributed by atoms with van der Waals surface area (Å²) < 4.78 is 0. The Morgan fingerprint density at radius 3 is 2.82 bits per heavy atom. The fourth-order valence-electron chi connectivity index (χ4n) is 1.24. The van der Waals surface area contributed by atoms with Gasteiger partial charge in [-0.25, -0.2) is 5.23 Å². The second kappa shape index (κ2) is 2.62. The molecule has 0 saturated heterocycles. The Kier molecular flexibility index (Phi) is 1.62. The van der Waals surface area contributed by atoms with Crippen LogP contribution in [-0.2, 0) is 18.0 Å². The lowest BCUT2D eigenvalue weighted by atomic mass is 10.1. The van der Waals surface area contributed by atoms with Gasteiger partial charge in [0.15, 0.2) is 0 Å². The Balaban J connectivity index is 2.34. The molecule has 2 rings (SSSR count). The van der Waals surface area contributed by atoms with Gasteiger partial charge in [-0.1, -0.05) is 24.3 Å². The Morgan fingerprint density at radius 1 is 1.27 bits per heavy atom. The molecule has 1 unspecified atom stereocenters. The Morgan fingerprint density at radius 2 is 2.00 bits per heavy atom. The zero-order valence-corrected chi connectivity index (χ0v) is 6.04. The highest BCUT2D eigenvalue weighted by Crippen LogP contribution is 2.10. The second-order valence-electron chi connectivity index (χ2n) is 2.61. The van der Waals surface area contributed by atoms with Crippen LogP contribution in [0.4, 0.5) is 0 Å². The van der Waals surface area contributed by atoms with Crippen LogP contribution in [0.25, 0.3) is 0 Å². The standard InChI is InChI=1S/C8H9NO2/c10-9-5-7-3-1-2-4-8(7)6-11-9/h1-4,9H,5-6H2. The third kappa shape index (κ3) is 1.26. The van der Waals surface area contributed by atoms with Crippen molar-refractivity contribution in [1.82, 2.24) is 0 Å². The Bertz CT molecular complexity index is 262. The van der Waals surface area contributed by atoms with Crippen LogP contribution >= 0.6 is 0 Å². The van der Waals surface area contributed by atoms with Crippen LogP contribution in [0, 0.1) is 5.21 Å². The molecule has 1 aromatic rings. The molecule has 1 aliphatic heterocycles. The molecular weight excluding hydrogens is 142 g/mol. The first-order chi connectivity index (χ1) is 5.36. The first-order valence-electron chi connectivity index (χ1n) is 3.58. The summed E-state index contributed by atoms with van der Waals surface area (Å²) >= 11 is 0. The third-order valence-corrected chi connectivity index (χ3v) is 1.84. The van der Waals surface area contributed by atoms with Crippen LogP contribution in [0.1, 0.15) is 11.1 Å². The van der Waals surface area contributed by atoms with Crippen molar-refractivity contribution < 1.29 is 10.1 Å². The van der Waals surface area contributed by atoms with Crippen molar-refractivity contribution in [1.29, 1.82) is 0 Å². The zero-order valence-electron chi connectivity index (χ0n) is 6.04. The molecule has 0 spiro atoms. The van der Waals surface area contributed by atoms with Crippen molar-refractivity contribution in [2.75, 3.05) is 0 Å². The maximum atomic E-state index is 10.8. The monoisotopic (exact) mass is 151 g/mol. The van der Waals surface area contributed by atoms with E-state index in [9.17, 15) is 5.21 Å². The molecule has 3 heteroatoms. The van der Waals surface area contributed by atoms with Crippen molar-refractivity contribution in [2.24, 2.45) is 0 Å². The van der Waals surface area contributed by atoms with Crippen LogP contribution < -0.4 is 5.23 Å². The number of quaternary nitrogens is 1. The third-order valence-electron chi connectivity index (χ3n) is 1.84. The minimum atomic E-state index is -0.122. The summed E-state index contributed by atoms with van der Waals surface area (Å²) in [5.41, 5.74) is 2.23.